The molecule has 1 aromatic carbocycles. The molecule has 1 aromatic rings. The first kappa shape index (κ1) is 15.1. The number of hydrogen-bond donors (Lipinski definition) is 2. The van der Waals surface area contributed by atoms with Gasteiger partial charge in [0.1, 0.15) is 5.54 Å². The van der Waals surface area contributed by atoms with Crippen LogP contribution in [0.2, 0.25) is 0 Å². The highest BCUT2D eigenvalue weighted by atomic mass is 32.2. The van der Waals surface area contributed by atoms with Crippen molar-refractivity contribution in [1.29, 1.82) is 0 Å². The molecule has 2 N–H and O–H groups in total. The first-order valence-corrected chi connectivity index (χ1v) is 7.63. The molecule has 0 bridgehead atoms. The van der Waals surface area contributed by atoms with Crippen LogP contribution in [0.1, 0.15) is 19.8 Å². The molecule has 0 amide bonds. The van der Waals surface area contributed by atoms with Crippen molar-refractivity contribution in [2.45, 2.75) is 36.4 Å². The van der Waals surface area contributed by atoms with E-state index in [2.05, 4.69) is 10.0 Å². The number of nitrogens with one attached hydrogen (secondary N) is 2. The topological polar surface area (TPSA) is 58.2 Å². The van der Waals surface area contributed by atoms with Crippen LogP contribution in [0.3, 0.4) is 0 Å². The number of anilines is 1. The highest BCUT2D eigenvalue weighted by molar-refractivity contribution is 7.89. The second kappa shape index (κ2) is 4.92. The normalized spacial score (nSPS) is 17.8. The van der Waals surface area contributed by atoms with Crippen LogP contribution in [-0.4, -0.2) is 26.7 Å². The lowest BCUT2D eigenvalue weighted by molar-refractivity contribution is -0.151. The summed E-state index contributed by atoms with van der Waals surface area (Å²) in [6, 6.07) is 5.26. The molecule has 0 radical (unpaired) electrons. The Morgan fingerprint density at radius 1 is 1.20 bits per heavy atom. The van der Waals surface area contributed by atoms with E-state index < -0.39 is 21.7 Å². The summed E-state index contributed by atoms with van der Waals surface area (Å²) < 4.78 is 64.0. The lowest BCUT2D eigenvalue weighted by atomic mass is 10.2. The number of halogens is 3. The quantitative estimate of drug-likeness (QED) is 0.878. The van der Waals surface area contributed by atoms with Gasteiger partial charge in [-0.25, -0.2) is 13.1 Å². The van der Waals surface area contributed by atoms with Crippen molar-refractivity contribution >= 4 is 15.7 Å². The average Bonchev–Trinajstić information content (AvgIpc) is 3.10. The Bertz CT molecular complexity index is 578. The average molecular weight is 308 g/mol. The summed E-state index contributed by atoms with van der Waals surface area (Å²) in [4.78, 5) is 0.0294. The second-order valence-electron chi connectivity index (χ2n) is 4.73. The molecule has 1 saturated carbocycles. The molecule has 2 rings (SSSR count). The van der Waals surface area contributed by atoms with Gasteiger partial charge >= 0.3 is 6.18 Å². The Kier molecular flexibility index (Phi) is 3.72. The molecular formula is C12H15F3N2O2S. The molecule has 0 aliphatic heterocycles. The van der Waals surface area contributed by atoms with Gasteiger partial charge in [0, 0.05) is 12.2 Å². The second-order valence-corrected chi connectivity index (χ2v) is 6.50. The first-order chi connectivity index (χ1) is 9.20. The monoisotopic (exact) mass is 308 g/mol. The van der Waals surface area contributed by atoms with Crippen molar-refractivity contribution in [3.8, 4) is 0 Å². The summed E-state index contributed by atoms with van der Waals surface area (Å²) in [5, 5.41) is 2.44. The summed E-state index contributed by atoms with van der Waals surface area (Å²) in [6.45, 7) is 1.90. The predicted octanol–water partition coefficient (Wildman–Crippen LogP) is 2.49. The van der Waals surface area contributed by atoms with Gasteiger partial charge in [-0.2, -0.15) is 13.2 Å². The molecule has 8 heteroatoms. The van der Waals surface area contributed by atoms with Gasteiger partial charge in [0.2, 0.25) is 10.0 Å². The summed E-state index contributed by atoms with van der Waals surface area (Å²) in [6.07, 6.45) is -4.23. The molecular weight excluding hydrogens is 293 g/mol. The number of rotatable bonds is 5. The van der Waals surface area contributed by atoms with Gasteiger partial charge in [-0.15, -0.1) is 0 Å². The van der Waals surface area contributed by atoms with Crippen molar-refractivity contribution in [2.75, 3.05) is 11.9 Å². The predicted molar refractivity (Wildman–Crippen MR) is 68.9 cm³/mol. The molecule has 1 aliphatic rings. The van der Waals surface area contributed by atoms with Crippen LogP contribution in [-0.2, 0) is 10.0 Å². The van der Waals surface area contributed by atoms with E-state index in [1.54, 1.807) is 6.92 Å². The van der Waals surface area contributed by atoms with Gasteiger partial charge in [0.25, 0.3) is 0 Å². The fraction of sp³-hybridized carbons (Fsp3) is 0.500. The van der Waals surface area contributed by atoms with E-state index in [-0.39, 0.29) is 30.0 Å². The smallest absolute Gasteiger partial charge is 0.372 e. The molecule has 0 heterocycles. The third-order valence-electron chi connectivity index (χ3n) is 3.18. The van der Waals surface area contributed by atoms with E-state index in [0.29, 0.717) is 0 Å². The Balaban J connectivity index is 2.14. The van der Waals surface area contributed by atoms with Gasteiger partial charge in [0.05, 0.1) is 4.90 Å². The maximum Gasteiger partial charge on any atom is 0.411 e. The van der Waals surface area contributed by atoms with Gasteiger partial charge in [-0.1, -0.05) is 6.92 Å². The highest BCUT2D eigenvalue weighted by Crippen LogP contribution is 2.51. The number of hydrogen-bond acceptors (Lipinski definition) is 3. The van der Waals surface area contributed by atoms with Crippen LogP contribution in [0, 0.1) is 0 Å². The van der Waals surface area contributed by atoms with Crippen molar-refractivity contribution < 1.29 is 21.6 Å². The van der Waals surface area contributed by atoms with E-state index >= 15 is 0 Å². The van der Waals surface area contributed by atoms with E-state index in [1.807, 2.05) is 0 Å². The maximum atomic E-state index is 12.8. The molecule has 1 aliphatic carbocycles. The fourth-order valence-electron chi connectivity index (χ4n) is 1.87. The van der Waals surface area contributed by atoms with E-state index in [0.717, 1.165) is 0 Å². The Labute approximate surface area is 115 Å². The number of benzene rings is 1. The minimum atomic E-state index is -4.30. The third-order valence-corrected chi connectivity index (χ3v) is 4.74. The van der Waals surface area contributed by atoms with Gasteiger partial charge in [-0.3, -0.25) is 0 Å². The lowest BCUT2D eigenvalue weighted by Crippen LogP contribution is -2.38. The molecule has 0 atom stereocenters. The minimum Gasteiger partial charge on any atom is -0.372 e. The molecule has 0 unspecified atom stereocenters. The summed E-state index contributed by atoms with van der Waals surface area (Å²) in [5.41, 5.74) is -1.59. The first-order valence-electron chi connectivity index (χ1n) is 6.15. The molecule has 4 nitrogen and oxygen atoms in total. The van der Waals surface area contributed by atoms with Gasteiger partial charge in [-0.05, 0) is 37.1 Å². The summed E-state index contributed by atoms with van der Waals surface area (Å²) >= 11 is 0. The van der Waals surface area contributed by atoms with Crippen LogP contribution in [0.5, 0.6) is 0 Å². The van der Waals surface area contributed by atoms with Crippen molar-refractivity contribution in [3.63, 3.8) is 0 Å². The maximum absolute atomic E-state index is 12.8. The minimum absolute atomic E-state index is 0.0294. The third kappa shape index (κ3) is 2.90. The van der Waals surface area contributed by atoms with E-state index in [9.17, 15) is 21.6 Å². The number of sulfonamides is 1. The molecule has 20 heavy (non-hydrogen) atoms. The zero-order valence-electron chi connectivity index (χ0n) is 10.8. The summed E-state index contributed by atoms with van der Waals surface area (Å²) in [7, 11) is -3.58. The van der Waals surface area contributed by atoms with Crippen LogP contribution < -0.4 is 10.0 Å². The van der Waals surface area contributed by atoms with Crippen molar-refractivity contribution in [1.82, 2.24) is 4.72 Å². The van der Waals surface area contributed by atoms with Crippen LogP contribution in [0.15, 0.2) is 29.2 Å². The number of alkyl halides is 3. The molecule has 0 aromatic heterocycles. The van der Waals surface area contributed by atoms with Gasteiger partial charge < -0.3 is 5.32 Å². The molecule has 1 fully saturated rings. The standard InChI is InChI=1S/C12H15F3N2O2S/c1-2-16-20(18,19)10-5-3-9(4-6-10)17-11(7-8-11)12(13,14)15/h3-6,16-17H,2,7-8H2,1H3. The fourth-order valence-corrected chi connectivity index (χ4v) is 2.91. The van der Waals surface area contributed by atoms with Crippen LogP contribution in [0.25, 0.3) is 0 Å². The lowest BCUT2D eigenvalue weighted by Gasteiger charge is -2.22. The van der Waals surface area contributed by atoms with E-state index in [1.165, 1.54) is 24.3 Å². The highest BCUT2D eigenvalue weighted by Gasteiger charge is 2.63. The van der Waals surface area contributed by atoms with Crippen LogP contribution in [0.4, 0.5) is 18.9 Å². The van der Waals surface area contributed by atoms with Crippen molar-refractivity contribution in [3.05, 3.63) is 24.3 Å². The zero-order valence-corrected chi connectivity index (χ0v) is 11.6. The largest absolute Gasteiger partial charge is 0.411 e. The Morgan fingerprint density at radius 3 is 2.15 bits per heavy atom. The van der Waals surface area contributed by atoms with Gasteiger partial charge in [0.15, 0.2) is 0 Å². The molecule has 0 spiro atoms. The van der Waals surface area contributed by atoms with Crippen LogP contribution >= 0.6 is 0 Å². The van der Waals surface area contributed by atoms with Crippen molar-refractivity contribution in [2.24, 2.45) is 0 Å². The van der Waals surface area contributed by atoms with E-state index in [4.69, 9.17) is 0 Å². The zero-order chi connectivity index (χ0) is 15.0. The Hall–Kier alpha value is -1.28. The Morgan fingerprint density at radius 2 is 1.75 bits per heavy atom. The SMILES string of the molecule is CCNS(=O)(=O)c1ccc(NC2(C(F)(F)F)CC2)cc1. The molecule has 0 saturated heterocycles. The molecule has 112 valence electrons. The summed E-state index contributed by atoms with van der Waals surface area (Å²) in [5.74, 6) is 0.